The number of rotatable bonds is 5. The van der Waals surface area contributed by atoms with Crippen molar-refractivity contribution in [2.75, 3.05) is 43.5 Å². The molecule has 0 radical (unpaired) electrons. The molecule has 0 bridgehead atoms. The smallest absolute Gasteiger partial charge is 0.255 e. The Hall–Kier alpha value is -3.68. The van der Waals surface area contributed by atoms with E-state index in [0.29, 0.717) is 43.4 Å². The first kappa shape index (κ1) is 20.6. The van der Waals surface area contributed by atoms with Crippen LogP contribution in [-0.4, -0.2) is 59.0 Å². The van der Waals surface area contributed by atoms with Gasteiger partial charge in [0.25, 0.3) is 5.91 Å². The van der Waals surface area contributed by atoms with E-state index < -0.39 is 0 Å². The molecule has 1 fully saturated rings. The summed E-state index contributed by atoms with van der Waals surface area (Å²) in [5, 5.41) is 3.35. The normalized spacial score (nSPS) is 13.8. The molecule has 160 valence electrons. The van der Waals surface area contributed by atoms with E-state index in [1.165, 1.54) is 5.56 Å². The van der Waals surface area contributed by atoms with E-state index in [4.69, 9.17) is 4.74 Å². The van der Waals surface area contributed by atoms with Gasteiger partial charge in [0.2, 0.25) is 5.88 Å². The quantitative estimate of drug-likeness (QED) is 0.681. The summed E-state index contributed by atoms with van der Waals surface area (Å²) in [7, 11) is 1.56. The van der Waals surface area contributed by atoms with Crippen LogP contribution < -0.4 is 15.0 Å². The third-order valence-corrected chi connectivity index (χ3v) is 5.23. The lowest BCUT2D eigenvalue weighted by Crippen LogP contribution is -2.49. The van der Waals surface area contributed by atoms with Crippen LogP contribution in [0, 0.1) is 13.8 Å². The predicted molar refractivity (Wildman–Crippen MR) is 120 cm³/mol. The molecule has 8 nitrogen and oxygen atoms in total. The van der Waals surface area contributed by atoms with Crippen LogP contribution >= 0.6 is 0 Å². The molecule has 1 N–H and O–H groups in total. The average Bonchev–Trinajstić information content (AvgIpc) is 2.80. The molecule has 31 heavy (non-hydrogen) atoms. The number of pyridine rings is 1. The van der Waals surface area contributed by atoms with Crippen LogP contribution in [0.25, 0.3) is 0 Å². The molecule has 0 atom stereocenters. The number of carbonyl (C=O) groups excluding carboxylic acids is 1. The minimum absolute atomic E-state index is 0.0182. The van der Waals surface area contributed by atoms with Crippen LogP contribution in [0.1, 0.15) is 21.7 Å². The number of benzene rings is 1. The molecule has 2 aromatic heterocycles. The largest absolute Gasteiger partial charge is 0.481 e. The standard InChI is InChI=1S/C23H26N6O2/c1-16-4-7-19(8-5-16)27-20-14-21(26-17(2)25-20)28-10-12-29(13-11-28)23(30)18-6-9-22(31-3)24-15-18/h4-9,14-15H,10-13H2,1-3H3,(H,25,26,27). The third kappa shape index (κ3) is 4.91. The number of hydrogen-bond acceptors (Lipinski definition) is 7. The van der Waals surface area contributed by atoms with Crippen molar-refractivity contribution in [3.63, 3.8) is 0 Å². The lowest BCUT2D eigenvalue weighted by molar-refractivity contribution is 0.0746. The van der Waals surface area contributed by atoms with Crippen molar-refractivity contribution in [2.24, 2.45) is 0 Å². The minimum Gasteiger partial charge on any atom is -0.481 e. The van der Waals surface area contributed by atoms with E-state index in [2.05, 4.69) is 44.2 Å². The number of anilines is 3. The van der Waals surface area contributed by atoms with Gasteiger partial charge in [-0.1, -0.05) is 17.7 Å². The summed E-state index contributed by atoms with van der Waals surface area (Å²) in [6.07, 6.45) is 1.56. The van der Waals surface area contributed by atoms with Crippen molar-refractivity contribution in [1.82, 2.24) is 19.9 Å². The number of piperazine rings is 1. The maximum absolute atomic E-state index is 12.8. The highest BCUT2D eigenvalue weighted by molar-refractivity contribution is 5.94. The van der Waals surface area contributed by atoms with Crippen LogP contribution in [0.2, 0.25) is 0 Å². The summed E-state index contributed by atoms with van der Waals surface area (Å²) in [6.45, 7) is 6.60. The molecule has 1 saturated heterocycles. The molecule has 0 aliphatic carbocycles. The molecule has 1 aliphatic heterocycles. The Balaban J connectivity index is 1.41. The fourth-order valence-electron chi connectivity index (χ4n) is 3.51. The van der Waals surface area contributed by atoms with Crippen molar-refractivity contribution in [1.29, 1.82) is 0 Å². The minimum atomic E-state index is -0.0182. The summed E-state index contributed by atoms with van der Waals surface area (Å²) in [4.78, 5) is 30.1. The molecule has 3 aromatic rings. The molecule has 3 heterocycles. The van der Waals surface area contributed by atoms with Gasteiger partial charge >= 0.3 is 0 Å². The van der Waals surface area contributed by atoms with Gasteiger partial charge in [-0.05, 0) is 32.0 Å². The first-order valence-corrected chi connectivity index (χ1v) is 10.3. The Morgan fingerprint density at radius 1 is 1.00 bits per heavy atom. The average molecular weight is 419 g/mol. The van der Waals surface area contributed by atoms with E-state index in [1.807, 2.05) is 30.0 Å². The van der Waals surface area contributed by atoms with Crippen molar-refractivity contribution in [3.8, 4) is 5.88 Å². The Morgan fingerprint density at radius 3 is 2.39 bits per heavy atom. The van der Waals surface area contributed by atoms with Crippen LogP contribution in [0.4, 0.5) is 17.3 Å². The van der Waals surface area contributed by atoms with Gasteiger partial charge in [0.05, 0.1) is 12.7 Å². The van der Waals surface area contributed by atoms with E-state index >= 15 is 0 Å². The van der Waals surface area contributed by atoms with Gasteiger partial charge in [-0.25, -0.2) is 15.0 Å². The summed E-state index contributed by atoms with van der Waals surface area (Å²) >= 11 is 0. The van der Waals surface area contributed by atoms with Gasteiger partial charge in [-0.2, -0.15) is 0 Å². The second-order valence-corrected chi connectivity index (χ2v) is 7.52. The van der Waals surface area contributed by atoms with Gasteiger partial charge in [0, 0.05) is 50.2 Å². The van der Waals surface area contributed by atoms with Gasteiger partial charge in [0.15, 0.2) is 0 Å². The van der Waals surface area contributed by atoms with Gasteiger partial charge < -0.3 is 19.9 Å². The van der Waals surface area contributed by atoms with Crippen LogP contribution in [-0.2, 0) is 0 Å². The summed E-state index contributed by atoms with van der Waals surface area (Å²) in [5.74, 6) is 2.80. The summed E-state index contributed by atoms with van der Waals surface area (Å²) in [6, 6.07) is 13.6. The predicted octanol–water partition coefficient (Wildman–Crippen LogP) is 3.20. The zero-order chi connectivity index (χ0) is 21.8. The van der Waals surface area contributed by atoms with E-state index in [0.717, 1.165) is 17.3 Å². The number of methoxy groups -OCH3 is 1. The molecular weight excluding hydrogens is 392 g/mol. The Kier molecular flexibility index (Phi) is 5.97. The highest BCUT2D eigenvalue weighted by Crippen LogP contribution is 2.22. The number of hydrogen-bond donors (Lipinski definition) is 1. The fraction of sp³-hybridized carbons (Fsp3) is 0.304. The van der Waals surface area contributed by atoms with Gasteiger partial charge in [0.1, 0.15) is 17.5 Å². The lowest BCUT2D eigenvalue weighted by Gasteiger charge is -2.35. The van der Waals surface area contributed by atoms with Crippen LogP contribution in [0.5, 0.6) is 5.88 Å². The highest BCUT2D eigenvalue weighted by Gasteiger charge is 2.23. The van der Waals surface area contributed by atoms with Crippen molar-refractivity contribution < 1.29 is 9.53 Å². The molecule has 0 unspecified atom stereocenters. The number of ether oxygens (including phenoxy) is 1. The topological polar surface area (TPSA) is 83.5 Å². The third-order valence-electron chi connectivity index (χ3n) is 5.23. The zero-order valence-electron chi connectivity index (χ0n) is 18.0. The zero-order valence-corrected chi connectivity index (χ0v) is 18.0. The Morgan fingerprint density at radius 2 is 1.74 bits per heavy atom. The number of nitrogens with zero attached hydrogens (tertiary/aromatic N) is 5. The van der Waals surface area contributed by atoms with E-state index in [-0.39, 0.29) is 5.91 Å². The number of aryl methyl sites for hydroxylation is 2. The fourth-order valence-corrected chi connectivity index (χ4v) is 3.51. The summed E-state index contributed by atoms with van der Waals surface area (Å²) < 4.78 is 5.06. The van der Waals surface area contributed by atoms with Crippen molar-refractivity contribution >= 4 is 23.2 Å². The molecule has 4 rings (SSSR count). The molecule has 1 aromatic carbocycles. The van der Waals surface area contributed by atoms with Gasteiger partial charge in [-0.15, -0.1) is 0 Å². The summed E-state index contributed by atoms with van der Waals surface area (Å²) in [5.41, 5.74) is 2.76. The Bertz CT molecular complexity index is 1040. The number of aromatic nitrogens is 3. The van der Waals surface area contributed by atoms with Gasteiger partial charge in [-0.3, -0.25) is 4.79 Å². The van der Waals surface area contributed by atoms with Crippen LogP contribution in [0.3, 0.4) is 0 Å². The lowest BCUT2D eigenvalue weighted by atomic mass is 10.2. The molecule has 1 aliphatic rings. The molecule has 1 amide bonds. The first-order valence-electron chi connectivity index (χ1n) is 10.3. The molecular formula is C23H26N6O2. The van der Waals surface area contributed by atoms with E-state index in [9.17, 15) is 4.79 Å². The maximum atomic E-state index is 12.8. The molecule has 8 heteroatoms. The van der Waals surface area contributed by atoms with Crippen LogP contribution in [0.15, 0.2) is 48.7 Å². The van der Waals surface area contributed by atoms with Crippen molar-refractivity contribution in [2.45, 2.75) is 13.8 Å². The van der Waals surface area contributed by atoms with Crippen molar-refractivity contribution in [3.05, 3.63) is 65.6 Å². The Labute approximate surface area is 181 Å². The second-order valence-electron chi connectivity index (χ2n) is 7.52. The second kappa shape index (κ2) is 8.99. The monoisotopic (exact) mass is 418 g/mol. The molecule has 0 saturated carbocycles. The number of amides is 1. The van der Waals surface area contributed by atoms with E-state index in [1.54, 1.807) is 25.4 Å². The first-order chi connectivity index (χ1) is 15.0. The SMILES string of the molecule is COc1ccc(C(=O)N2CCN(c3cc(Nc4ccc(C)cc4)nc(C)n3)CC2)cn1. The number of carbonyl (C=O) groups is 1. The maximum Gasteiger partial charge on any atom is 0.255 e. The number of nitrogens with one attached hydrogen (secondary N) is 1. The highest BCUT2D eigenvalue weighted by atomic mass is 16.5. The molecule has 0 spiro atoms.